The summed E-state index contributed by atoms with van der Waals surface area (Å²) in [6.45, 7) is 0. The minimum Gasteiger partial charge on any atom is -0.468 e. The third kappa shape index (κ3) is 5.91. The maximum absolute atomic E-state index is 10.2. The smallest absolute Gasteiger partial charge is 0.326 e. The molecule has 9 heavy (non-hydrogen) atoms. The second-order valence-corrected chi connectivity index (χ2v) is 4.25. The molecule has 0 aliphatic rings. The van der Waals surface area contributed by atoms with Crippen LogP contribution in [0.1, 0.15) is 0 Å². The monoisotopic (exact) mass is 174 g/mol. The van der Waals surface area contributed by atoms with Gasteiger partial charge in [0.05, 0.1) is 7.11 Å². The summed E-state index contributed by atoms with van der Waals surface area (Å²) in [5.74, 6) is -1.28. The molecular weight excluding hydrogens is 168 g/mol. The van der Waals surface area contributed by atoms with E-state index in [0.717, 1.165) is 7.11 Å². The molecule has 0 fully saturated rings. The number of hydrogen-bond acceptors (Lipinski definition) is 4. The number of ether oxygens (including phenoxy) is 1. The van der Waals surface area contributed by atoms with E-state index in [1.807, 2.05) is 0 Å². The molecule has 4 nitrogen and oxygen atoms in total. The minimum atomic E-state index is -3.24. The molecule has 0 aliphatic heterocycles. The average molecular weight is 175 g/mol. The number of esters is 1. The fourth-order valence-electron chi connectivity index (χ4n) is 0.209. The number of methoxy groups -OCH3 is 1. The standard InChI is InChI=1S/C3H7ClO4S/c1-8-3(5)2-9(4,6)7/h6-7H,2H2,1H3. The molecule has 56 valence electrons. The number of hydrogen-bond donors (Lipinski definition) is 2. The van der Waals surface area contributed by atoms with Crippen LogP contribution in [0.15, 0.2) is 0 Å². The Kier molecular flexibility index (Phi) is 3.27. The molecule has 2 N–H and O–H groups in total. The van der Waals surface area contributed by atoms with Crippen LogP contribution in [0.5, 0.6) is 0 Å². The molecule has 0 rings (SSSR count). The van der Waals surface area contributed by atoms with Crippen molar-refractivity contribution in [3.8, 4) is 0 Å². The summed E-state index contributed by atoms with van der Waals surface area (Å²) in [6.07, 6.45) is 0. The first-order valence-electron chi connectivity index (χ1n) is 1.98. The van der Waals surface area contributed by atoms with E-state index in [1.54, 1.807) is 0 Å². The van der Waals surface area contributed by atoms with Crippen LogP contribution < -0.4 is 0 Å². The summed E-state index contributed by atoms with van der Waals surface area (Å²) in [5.41, 5.74) is 0. The van der Waals surface area contributed by atoms with E-state index < -0.39 is 21.5 Å². The summed E-state index contributed by atoms with van der Waals surface area (Å²) in [5, 5.41) is 0. The zero-order chi connectivity index (χ0) is 7.49. The lowest BCUT2D eigenvalue weighted by Gasteiger charge is -2.20. The largest absolute Gasteiger partial charge is 0.468 e. The molecule has 0 amide bonds. The van der Waals surface area contributed by atoms with Gasteiger partial charge in [0, 0.05) is 10.7 Å². The fraction of sp³-hybridized carbons (Fsp3) is 0.667. The van der Waals surface area contributed by atoms with Gasteiger partial charge in [-0.2, -0.15) is 0 Å². The van der Waals surface area contributed by atoms with E-state index in [4.69, 9.17) is 19.8 Å². The highest BCUT2D eigenvalue weighted by atomic mass is 35.7. The third-order valence-corrected chi connectivity index (χ3v) is 1.46. The zero-order valence-electron chi connectivity index (χ0n) is 4.70. The van der Waals surface area contributed by atoms with Gasteiger partial charge in [0.1, 0.15) is 0 Å². The molecule has 0 unspecified atom stereocenters. The Morgan fingerprint density at radius 2 is 2.22 bits per heavy atom. The first-order chi connectivity index (χ1) is 3.95. The molecule has 0 saturated carbocycles. The second kappa shape index (κ2) is 3.26. The Balaban J connectivity index is 3.60. The van der Waals surface area contributed by atoms with Gasteiger partial charge in [0.25, 0.3) is 0 Å². The van der Waals surface area contributed by atoms with Crippen molar-refractivity contribution in [2.45, 2.75) is 0 Å². The Morgan fingerprint density at radius 1 is 1.78 bits per heavy atom. The number of halogens is 1. The molecule has 0 atom stereocenters. The van der Waals surface area contributed by atoms with E-state index >= 15 is 0 Å². The van der Waals surface area contributed by atoms with E-state index in [0.29, 0.717) is 0 Å². The molecular formula is C3H7ClO4S. The lowest BCUT2D eigenvalue weighted by molar-refractivity contribution is -0.137. The maximum atomic E-state index is 10.2. The average Bonchev–Trinajstić information content (AvgIpc) is 1.62. The van der Waals surface area contributed by atoms with Crippen LogP contribution in [0, 0.1) is 0 Å². The van der Waals surface area contributed by atoms with Crippen molar-refractivity contribution >= 4 is 26.5 Å². The lowest BCUT2D eigenvalue weighted by atomic mass is 10.8. The van der Waals surface area contributed by atoms with Gasteiger partial charge in [0.15, 0.2) is 5.75 Å². The van der Waals surface area contributed by atoms with E-state index in [1.165, 1.54) is 0 Å². The molecule has 0 aromatic heterocycles. The van der Waals surface area contributed by atoms with Gasteiger partial charge in [-0.1, -0.05) is 0 Å². The first-order valence-corrected chi connectivity index (χ1v) is 4.52. The molecule has 0 radical (unpaired) electrons. The predicted molar refractivity (Wildman–Crippen MR) is 35.6 cm³/mol. The van der Waals surface area contributed by atoms with Crippen LogP contribution in [0.4, 0.5) is 0 Å². The minimum absolute atomic E-state index is 0.551. The van der Waals surface area contributed by atoms with Crippen molar-refractivity contribution in [1.82, 2.24) is 0 Å². The van der Waals surface area contributed by atoms with Crippen molar-refractivity contribution in [3.63, 3.8) is 0 Å². The van der Waals surface area contributed by atoms with Crippen molar-refractivity contribution in [3.05, 3.63) is 0 Å². The Bertz CT molecular complexity index is 109. The summed E-state index contributed by atoms with van der Waals surface area (Å²) in [4.78, 5) is 10.2. The normalized spacial score (nSPS) is 12.9. The SMILES string of the molecule is COC(=O)CS(O)(O)Cl. The van der Waals surface area contributed by atoms with Gasteiger partial charge >= 0.3 is 5.97 Å². The molecule has 0 bridgehead atoms. The van der Waals surface area contributed by atoms with Gasteiger partial charge in [-0.05, 0) is 0 Å². The molecule has 6 heteroatoms. The van der Waals surface area contributed by atoms with Crippen LogP contribution >= 0.6 is 20.5 Å². The van der Waals surface area contributed by atoms with Crippen LogP contribution in [-0.2, 0) is 9.53 Å². The van der Waals surface area contributed by atoms with Gasteiger partial charge < -0.3 is 4.74 Å². The Morgan fingerprint density at radius 3 is 2.33 bits per heavy atom. The predicted octanol–water partition coefficient (Wildman–Crippen LogP) is 1.06. The molecule has 0 aliphatic carbocycles. The summed E-state index contributed by atoms with van der Waals surface area (Å²) in [7, 11) is 2.81. The van der Waals surface area contributed by atoms with Crippen molar-refractivity contribution in [2.75, 3.05) is 12.9 Å². The Labute approximate surface area is 58.6 Å². The highest BCUT2D eigenvalue weighted by Gasteiger charge is 2.13. The van der Waals surface area contributed by atoms with Gasteiger partial charge in [-0.15, -0.1) is 9.80 Å². The Hall–Kier alpha value is 0.0300. The van der Waals surface area contributed by atoms with Crippen LogP contribution in [0.3, 0.4) is 0 Å². The maximum Gasteiger partial charge on any atom is 0.326 e. The molecule has 0 saturated heterocycles. The second-order valence-electron chi connectivity index (χ2n) is 1.31. The first kappa shape index (κ1) is 9.03. The molecule has 0 heterocycles. The number of carbonyl (C=O) groups excluding carboxylic acids is 1. The molecule has 0 aromatic rings. The van der Waals surface area contributed by atoms with E-state index in [-0.39, 0.29) is 0 Å². The fourth-order valence-corrected chi connectivity index (χ4v) is 0.894. The van der Waals surface area contributed by atoms with E-state index in [9.17, 15) is 4.79 Å². The molecule has 0 aromatic carbocycles. The van der Waals surface area contributed by atoms with Gasteiger partial charge in [-0.3, -0.25) is 13.9 Å². The summed E-state index contributed by atoms with van der Waals surface area (Å²) >= 11 is 0. The van der Waals surface area contributed by atoms with Crippen molar-refractivity contribution in [1.29, 1.82) is 0 Å². The van der Waals surface area contributed by atoms with E-state index in [2.05, 4.69) is 4.74 Å². The number of carbonyl (C=O) groups is 1. The highest BCUT2D eigenvalue weighted by molar-refractivity contribution is 8.43. The quantitative estimate of drug-likeness (QED) is 0.615. The van der Waals surface area contributed by atoms with Gasteiger partial charge in [0.2, 0.25) is 0 Å². The van der Waals surface area contributed by atoms with Crippen molar-refractivity contribution in [2.24, 2.45) is 0 Å². The third-order valence-electron chi connectivity index (χ3n) is 0.529. The summed E-state index contributed by atoms with van der Waals surface area (Å²) in [6, 6.07) is 0. The summed E-state index contributed by atoms with van der Waals surface area (Å²) < 4.78 is 20.9. The lowest BCUT2D eigenvalue weighted by Crippen LogP contribution is -2.10. The van der Waals surface area contributed by atoms with Crippen LogP contribution in [0.25, 0.3) is 0 Å². The molecule has 0 spiro atoms. The number of rotatable bonds is 2. The zero-order valence-corrected chi connectivity index (χ0v) is 6.28. The topological polar surface area (TPSA) is 66.8 Å². The highest BCUT2D eigenvalue weighted by Crippen LogP contribution is 2.43. The van der Waals surface area contributed by atoms with Crippen LogP contribution in [-0.4, -0.2) is 27.9 Å². The van der Waals surface area contributed by atoms with Gasteiger partial charge in [-0.25, -0.2) is 0 Å². The van der Waals surface area contributed by atoms with Crippen molar-refractivity contribution < 1.29 is 18.6 Å². The van der Waals surface area contributed by atoms with Crippen LogP contribution in [0.2, 0.25) is 0 Å².